The molecular formula is C8H7BrF3NO2S2. The molecule has 1 aromatic rings. The van der Waals surface area contributed by atoms with Crippen LogP contribution >= 0.6 is 27.3 Å². The van der Waals surface area contributed by atoms with E-state index in [0.29, 0.717) is 0 Å². The molecule has 9 heteroatoms. The number of sulfonamides is 1. The second-order valence-corrected chi connectivity index (χ2v) is 7.39. The SMILES string of the molecule is O=S(=O)(NC1(C(F)(F)F)CC1)c1sccc1Br. The third-order valence-electron chi connectivity index (χ3n) is 2.45. The number of nitrogens with one attached hydrogen (secondary N) is 1. The van der Waals surface area contributed by atoms with Gasteiger partial charge in [-0.2, -0.15) is 17.9 Å². The summed E-state index contributed by atoms with van der Waals surface area (Å²) in [6.45, 7) is 0. The Kier molecular flexibility index (Phi) is 3.08. The number of halogens is 4. The predicted octanol–water partition coefficient (Wildman–Crippen LogP) is 2.88. The van der Waals surface area contributed by atoms with E-state index in [9.17, 15) is 21.6 Å². The van der Waals surface area contributed by atoms with Gasteiger partial charge in [-0.3, -0.25) is 0 Å². The van der Waals surface area contributed by atoms with Gasteiger partial charge >= 0.3 is 6.18 Å². The van der Waals surface area contributed by atoms with Crippen molar-refractivity contribution in [3.63, 3.8) is 0 Å². The summed E-state index contributed by atoms with van der Waals surface area (Å²) >= 11 is 3.86. The van der Waals surface area contributed by atoms with Gasteiger partial charge in [0.2, 0.25) is 0 Å². The quantitative estimate of drug-likeness (QED) is 0.911. The van der Waals surface area contributed by atoms with E-state index in [1.807, 2.05) is 0 Å². The first-order chi connectivity index (χ1) is 7.68. The smallest absolute Gasteiger partial charge is 0.206 e. The second kappa shape index (κ2) is 3.94. The minimum absolute atomic E-state index is 0.131. The standard InChI is InChI=1S/C8H7BrF3NO2S2/c9-5-1-4-16-6(5)17(14,15)13-7(2-3-7)8(10,11)12/h1,4,13H,2-3H2. The van der Waals surface area contributed by atoms with Crippen molar-refractivity contribution in [1.82, 2.24) is 4.72 Å². The lowest BCUT2D eigenvalue weighted by molar-refractivity contribution is -0.160. The van der Waals surface area contributed by atoms with Crippen molar-refractivity contribution in [1.29, 1.82) is 0 Å². The summed E-state index contributed by atoms with van der Waals surface area (Å²) in [5.74, 6) is 0. The van der Waals surface area contributed by atoms with Crippen molar-refractivity contribution in [2.24, 2.45) is 0 Å². The van der Waals surface area contributed by atoms with E-state index < -0.39 is 21.7 Å². The molecule has 1 heterocycles. The van der Waals surface area contributed by atoms with E-state index in [0.717, 1.165) is 11.3 Å². The van der Waals surface area contributed by atoms with Gasteiger partial charge in [0, 0.05) is 4.47 Å². The second-order valence-electron chi connectivity index (χ2n) is 3.74. The average molecular weight is 350 g/mol. The van der Waals surface area contributed by atoms with Gasteiger partial charge in [0.05, 0.1) is 0 Å². The van der Waals surface area contributed by atoms with Crippen LogP contribution in [0.4, 0.5) is 13.2 Å². The zero-order valence-corrected chi connectivity index (χ0v) is 11.4. The van der Waals surface area contributed by atoms with E-state index in [-0.39, 0.29) is 21.5 Å². The lowest BCUT2D eigenvalue weighted by Crippen LogP contribution is -2.47. The maximum atomic E-state index is 12.6. The summed E-state index contributed by atoms with van der Waals surface area (Å²) < 4.78 is 63.4. The maximum Gasteiger partial charge on any atom is 0.407 e. The van der Waals surface area contributed by atoms with E-state index >= 15 is 0 Å². The van der Waals surface area contributed by atoms with Crippen LogP contribution in [-0.2, 0) is 10.0 Å². The molecule has 0 unspecified atom stereocenters. The van der Waals surface area contributed by atoms with E-state index in [1.165, 1.54) is 11.4 Å². The van der Waals surface area contributed by atoms with Gasteiger partial charge in [-0.15, -0.1) is 11.3 Å². The molecule has 0 aliphatic heterocycles. The molecule has 1 aliphatic carbocycles. The van der Waals surface area contributed by atoms with Crippen molar-refractivity contribution in [2.75, 3.05) is 0 Å². The molecule has 1 fully saturated rings. The highest BCUT2D eigenvalue weighted by atomic mass is 79.9. The molecule has 0 radical (unpaired) electrons. The van der Waals surface area contributed by atoms with E-state index in [1.54, 1.807) is 4.72 Å². The van der Waals surface area contributed by atoms with Crippen molar-refractivity contribution in [3.05, 3.63) is 15.9 Å². The zero-order chi connectivity index (χ0) is 12.9. The molecule has 0 amide bonds. The predicted molar refractivity (Wildman–Crippen MR) is 60.4 cm³/mol. The maximum absolute atomic E-state index is 12.6. The number of rotatable bonds is 3. The molecular weight excluding hydrogens is 343 g/mol. The molecule has 0 spiro atoms. The van der Waals surface area contributed by atoms with Crippen molar-refractivity contribution in [3.8, 4) is 0 Å². The molecule has 3 nitrogen and oxygen atoms in total. The lowest BCUT2D eigenvalue weighted by atomic mass is 10.3. The monoisotopic (exact) mass is 349 g/mol. The first-order valence-corrected chi connectivity index (χ1v) is 7.67. The number of alkyl halides is 3. The third-order valence-corrected chi connectivity index (χ3v) is 6.66. The highest BCUT2D eigenvalue weighted by Gasteiger charge is 2.65. The Bertz CT molecular complexity index is 533. The van der Waals surface area contributed by atoms with Crippen molar-refractivity contribution < 1.29 is 21.6 Å². The molecule has 96 valence electrons. The molecule has 0 atom stereocenters. The van der Waals surface area contributed by atoms with Crippen molar-refractivity contribution >= 4 is 37.3 Å². The molecule has 1 aromatic heterocycles. The topological polar surface area (TPSA) is 46.2 Å². The third kappa shape index (κ3) is 2.38. The van der Waals surface area contributed by atoms with Crippen LogP contribution in [0.25, 0.3) is 0 Å². The Morgan fingerprint density at radius 3 is 2.35 bits per heavy atom. The molecule has 1 saturated carbocycles. The fourth-order valence-corrected chi connectivity index (χ4v) is 5.13. The molecule has 17 heavy (non-hydrogen) atoms. The summed E-state index contributed by atoms with van der Waals surface area (Å²) in [6, 6.07) is 1.48. The van der Waals surface area contributed by atoms with Gasteiger partial charge in [-0.1, -0.05) is 0 Å². The van der Waals surface area contributed by atoms with Gasteiger partial charge in [-0.05, 0) is 40.2 Å². The summed E-state index contributed by atoms with van der Waals surface area (Å²) in [6.07, 6.45) is -4.97. The molecule has 0 bridgehead atoms. The van der Waals surface area contributed by atoms with Crippen LogP contribution in [0, 0.1) is 0 Å². The first kappa shape index (κ1) is 13.3. The highest BCUT2D eigenvalue weighted by Crippen LogP contribution is 2.50. The summed E-state index contributed by atoms with van der Waals surface area (Å²) in [5.41, 5.74) is -2.27. The highest BCUT2D eigenvalue weighted by molar-refractivity contribution is 9.10. The number of hydrogen-bond acceptors (Lipinski definition) is 3. The minimum Gasteiger partial charge on any atom is -0.206 e. The fraction of sp³-hybridized carbons (Fsp3) is 0.500. The Labute approximate surface area is 108 Å². The van der Waals surface area contributed by atoms with Crippen LogP contribution in [0.3, 0.4) is 0 Å². The normalized spacial score (nSPS) is 19.3. The van der Waals surface area contributed by atoms with Gasteiger partial charge in [0.25, 0.3) is 10.0 Å². The Balaban J connectivity index is 2.29. The van der Waals surface area contributed by atoms with Crippen LogP contribution in [0.1, 0.15) is 12.8 Å². The molecule has 1 aliphatic rings. The summed E-state index contributed by atoms with van der Waals surface area (Å²) in [7, 11) is -4.12. The van der Waals surface area contributed by atoms with E-state index in [2.05, 4.69) is 15.9 Å². The minimum atomic E-state index is -4.55. The van der Waals surface area contributed by atoms with E-state index in [4.69, 9.17) is 0 Å². The van der Waals surface area contributed by atoms with Gasteiger partial charge in [0.1, 0.15) is 9.75 Å². The lowest BCUT2D eigenvalue weighted by Gasteiger charge is -2.20. The van der Waals surface area contributed by atoms with Crippen LogP contribution in [0.15, 0.2) is 20.1 Å². The molecule has 0 aromatic carbocycles. The fourth-order valence-electron chi connectivity index (χ4n) is 1.34. The zero-order valence-electron chi connectivity index (χ0n) is 8.21. The van der Waals surface area contributed by atoms with Crippen LogP contribution in [0.2, 0.25) is 0 Å². The van der Waals surface area contributed by atoms with Gasteiger partial charge < -0.3 is 0 Å². The number of thiophene rings is 1. The Morgan fingerprint density at radius 1 is 1.41 bits per heavy atom. The van der Waals surface area contributed by atoms with Crippen LogP contribution in [-0.4, -0.2) is 20.1 Å². The first-order valence-electron chi connectivity index (χ1n) is 4.52. The Morgan fingerprint density at radius 2 is 2.00 bits per heavy atom. The average Bonchev–Trinajstić information content (AvgIpc) is 2.79. The Hall–Kier alpha value is -0.120. The van der Waals surface area contributed by atoms with Gasteiger partial charge in [0.15, 0.2) is 0 Å². The number of hydrogen-bond donors (Lipinski definition) is 1. The largest absolute Gasteiger partial charge is 0.407 e. The van der Waals surface area contributed by atoms with Crippen LogP contribution < -0.4 is 4.72 Å². The van der Waals surface area contributed by atoms with Crippen molar-refractivity contribution in [2.45, 2.75) is 28.8 Å². The summed E-state index contributed by atoms with van der Waals surface area (Å²) in [5, 5.41) is 1.49. The van der Waals surface area contributed by atoms with Gasteiger partial charge in [-0.25, -0.2) is 8.42 Å². The molecule has 0 saturated heterocycles. The molecule has 2 rings (SSSR count). The van der Waals surface area contributed by atoms with Crippen LogP contribution in [0.5, 0.6) is 0 Å². The molecule has 1 N–H and O–H groups in total. The summed E-state index contributed by atoms with van der Waals surface area (Å²) in [4.78, 5) is 0.